The number of benzene rings is 2. The molecule has 2 aromatic carbocycles. The van der Waals surface area contributed by atoms with Crippen LogP contribution in [0.2, 0.25) is 0 Å². The number of aryl methyl sites for hydroxylation is 1. The van der Waals surface area contributed by atoms with Crippen LogP contribution in [0.1, 0.15) is 37.3 Å². The minimum atomic E-state index is -0.726. The van der Waals surface area contributed by atoms with Gasteiger partial charge in [0.2, 0.25) is 5.75 Å². The molecule has 0 saturated carbocycles. The number of hydrogen-bond acceptors (Lipinski definition) is 8. The van der Waals surface area contributed by atoms with Crippen molar-refractivity contribution in [3.63, 3.8) is 0 Å². The first-order chi connectivity index (χ1) is 15.3. The zero-order valence-corrected chi connectivity index (χ0v) is 18.8. The first kappa shape index (κ1) is 25.6. The summed E-state index contributed by atoms with van der Waals surface area (Å²) >= 11 is 0. The number of hydrogen-bond donors (Lipinski definition) is 5. The van der Waals surface area contributed by atoms with E-state index in [9.17, 15) is 20.4 Å². The van der Waals surface area contributed by atoms with E-state index in [2.05, 4.69) is 0 Å². The molecular formula is C24H34O8. The molecule has 0 spiro atoms. The first-order valence-corrected chi connectivity index (χ1v) is 10.7. The van der Waals surface area contributed by atoms with Crippen LogP contribution in [-0.2, 0) is 12.8 Å². The highest BCUT2D eigenvalue weighted by Crippen LogP contribution is 2.37. The lowest BCUT2D eigenvalue weighted by Gasteiger charge is -2.24. The molecule has 2 rings (SSSR count). The summed E-state index contributed by atoms with van der Waals surface area (Å²) in [5.74, 6) is 0.525. The van der Waals surface area contributed by atoms with Crippen LogP contribution in [-0.4, -0.2) is 58.8 Å². The van der Waals surface area contributed by atoms with Gasteiger partial charge in [0.25, 0.3) is 0 Å². The van der Waals surface area contributed by atoms with Gasteiger partial charge in [-0.2, -0.15) is 0 Å². The molecule has 0 fully saturated rings. The van der Waals surface area contributed by atoms with Crippen molar-refractivity contribution in [3.05, 3.63) is 41.5 Å². The number of aliphatic hydroxyl groups is 3. The van der Waals surface area contributed by atoms with Crippen molar-refractivity contribution in [1.29, 1.82) is 0 Å². The number of aromatic hydroxyl groups is 2. The molecule has 0 heterocycles. The highest BCUT2D eigenvalue weighted by atomic mass is 16.6. The van der Waals surface area contributed by atoms with Gasteiger partial charge >= 0.3 is 0 Å². The number of rotatable bonds is 13. The van der Waals surface area contributed by atoms with E-state index in [4.69, 9.17) is 19.3 Å². The van der Waals surface area contributed by atoms with Crippen LogP contribution in [0.15, 0.2) is 30.3 Å². The SMILES string of the molecule is CCC(Cc1ccc(O)c(OC)c1)C(O)CC(O)CCc1cc(OC)c(O)c(OCO)c1. The summed E-state index contributed by atoms with van der Waals surface area (Å²) in [6.45, 7) is 1.41. The van der Waals surface area contributed by atoms with Crippen LogP contribution in [0.25, 0.3) is 0 Å². The Morgan fingerprint density at radius 3 is 2.19 bits per heavy atom. The number of ether oxygens (including phenoxy) is 3. The molecule has 0 aliphatic heterocycles. The smallest absolute Gasteiger partial charge is 0.200 e. The minimum Gasteiger partial charge on any atom is -0.504 e. The van der Waals surface area contributed by atoms with E-state index in [-0.39, 0.29) is 35.3 Å². The molecule has 5 N–H and O–H groups in total. The maximum Gasteiger partial charge on any atom is 0.200 e. The van der Waals surface area contributed by atoms with E-state index in [1.165, 1.54) is 14.2 Å². The Morgan fingerprint density at radius 1 is 0.906 bits per heavy atom. The molecule has 3 unspecified atom stereocenters. The van der Waals surface area contributed by atoms with E-state index >= 15 is 0 Å². The number of methoxy groups -OCH3 is 2. The van der Waals surface area contributed by atoms with Gasteiger partial charge in [0.1, 0.15) is 0 Å². The molecule has 8 heteroatoms. The Morgan fingerprint density at radius 2 is 1.56 bits per heavy atom. The lowest BCUT2D eigenvalue weighted by Crippen LogP contribution is -2.27. The standard InChI is InChI=1S/C24H34O8/c1-4-17(9-15-6-8-19(27)21(10-15)30-2)20(28)13-18(26)7-5-16-11-22(31-3)24(29)23(12-16)32-14-25/h6,8,10-12,17-18,20,25-29H,4-5,7,9,13-14H2,1-3H3. The van der Waals surface area contributed by atoms with Crippen molar-refractivity contribution in [3.8, 4) is 28.7 Å². The fourth-order valence-electron chi connectivity index (χ4n) is 3.74. The Hall–Kier alpha value is -2.68. The average molecular weight is 451 g/mol. The molecule has 178 valence electrons. The van der Waals surface area contributed by atoms with Gasteiger partial charge in [0.05, 0.1) is 26.4 Å². The molecule has 32 heavy (non-hydrogen) atoms. The number of phenols is 2. The van der Waals surface area contributed by atoms with Crippen molar-refractivity contribution in [2.75, 3.05) is 21.0 Å². The molecule has 0 radical (unpaired) electrons. The average Bonchev–Trinajstić information content (AvgIpc) is 2.78. The second-order valence-corrected chi connectivity index (χ2v) is 7.79. The second kappa shape index (κ2) is 12.4. The highest BCUT2D eigenvalue weighted by molar-refractivity contribution is 5.52. The molecule has 0 aliphatic carbocycles. The Kier molecular flexibility index (Phi) is 9.90. The maximum absolute atomic E-state index is 10.7. The molecule has 0 aliphatic rings. The summed E-state index contributed by atoms with van der Waals surface area (Å²) in [7, 11) is 2.91. The number of aliphatic hydroxyl groups excluding tert-OH is 3. The van der Waals surface area contributed by atoms with Gasteiger partial charge in [-0.05, 0) is 67.0 Å². The third-order valence-electron chi connectivity index (χ3n) is 5.63. The molecule has 2 aromatic rings. The normalized spacial score (nSPS) is 13.9. The fraction of sp³-hybridized carbons (Fsp3) is 0.500. The van der Waals surface area contributed by atoms with Gasteiger partial charge < -0.3 is 39.7 Å². The lowest BCUT2D eigenvalue weighted by atomic mass is 9.88. The van der Waals surface area contributed by atoms with E-state index < -0.39 is 19.0 Å². The molecular weight excluding hydrogens is 416 g/mol. The van der Waals surface area contributed by atoms with Gasteiger partial charge in [-0.1, -0.05) is 19.4 Å². The molecule has 8 nitrogen and oxygen atoms in total. The quantitative estimate of drug-likeness (QED) is 0.295. The van der Waals surface area contributed by atoms with Gasteiger partial charge in [0.15, 0.2) is 29.8 Å². The maximum atomic E-state index is 10.7. The molecule has 3 atom stereocenters. The van der Waals surface area contributed by atoms with Crippen molar-refractivity contribution < 1.29 is 39.7 Å². The van der Waals surface area contributed by atoms with Gasteiger partial charge in [-0.3, -0.25) is 0 Å². The lowest BCUT2D eigenvalue weighted by molar-refractivity contribution is 0.0389. The monoisotopic (exact) mass is 450 g/mol. The predicted octanol–water partition coefficient (Wildman–Crippen LogP) is 2.76. The summed E-state index contributed by atoms with van der Waals surface area (Å²) < 4.78 is 15.3. The van der Waals surface area contributed by atoms with Crippen LogP contribution in [0, 0.1) is 5.92 Å². The van der Waals surface area contributed by atoms with Crippen molar-refractivity contribution in [2.24, 2.45) is 5.92 Å². The highest BCUT2D eigenvalue weighted by Gasteiger charge is 2.22. The summed E-state index contributed by atoms with van der Waals surface area (Å²) in [6, 6.07) is 8.36. The van der Waals surface area contributed by atoms with Crippen molar-refractivity contribution in [2.45, 2.75) is 51.2 Å². The topological polar surface area (TPSA) is 129 Å². The summed E-state index contributed by atoms with van der Waals surface area (Å²) in [5.41, 5.74) is 1.70. The predicted molar refractivity (Wildman–Crippen MR) is 119 cm³/mol. The Bertz CT molecular complexity index is 854. The molecule has 0 amide bonds. The van der Waals surface area contributed by atoms with E-state index in [0.717, 1.165) is 17.5 Å². The summed E-state index contributed by atoms with van der Waals surface area (Å²) in [6.07, 6.45) is 0.994. The first-order valence-electron chi connectivity index (χ1n) is 10.7. The molecule has 0 saturated heterocycles. The van der Waals surface area contributed by atoms with Gasteiger partial charge in [-0.15, -0.1) is 0 Å². The van der Waals surface area contributed by atoms with E-state index in [1.54, 1.807) is 30.3 Å². The second-order valence-electron chi connectivity index (χ2n) is 7.79. The Labute approximate surface area is 188 Å². The largest absolute Gasteiger partial charge is 0.504 e. The van der Waals surface area contributed by atoms with Crippen molar-refractivity contribution >= 4 is 0 Å². The zero-order valence-electron chi connectivity index (χ0n) is 18.8. The molecule has 0 bridgehead atoms. The van der Waals surface area contributed by atoms with Crippen LogP contribution in [0.5, 0.6) is 28.7 Å². The fourth-order valence-corrected chi connectivity index (χ4v) is 3.74. The van der Waals surface area contributed by atoms with Crippen LogP contribution >= 0.6 is 0 Å². The van der Waals surface area contributed by atoms with E-state index in [0.29, 0.717) is 25.0 Å². The van der Waals surface area contributed by atoms with Crippen LogP contribution in [0.3, 0.4) is 0 Å². The van der Waals surface area contributed by atoms with Gasteiger partial charge in [0, 0.05) is 0 Å². The third-order valence-corrected chi connectivity index (χ3v) is 5.63. The van der Waals surface area contributed by atoms with Crippen molar-refractivity contribution in [1.82, 2.24) is 0 Å². The Balaban J connectivity index is 1.96. The third kappa shape index (κ3) is 6.91. The van der Waals surface area contributed by atoms with Crippen LogP contribution < -0.4 is 14.2 Å². The number of phenolic OH excluding ortho intramolecular Hbond substituents is 2. The summed E-state index contributed by atoms with van der Waals surface area (Å²) in [4.78, 5) is 0. The van der Waals surface area contributed by atoms with Crippen LogP contribution in [0.4, 0.5) is 0 Å². The summed E-state index contributed by atoms with van der Waals surface area (Å²) in [5, 5.41) is 50.0. The minimum absolute atomic E-state index is 0.0581. The van der Waals surface area contributed by atoms with Gasteiger partial charge in [-0.25, -0.2) is 0 Å². The van der Waals surface area contributed by atoms with E-state index in [1.807, 2.05) is 6.92 Å². The molecule has 0 aromatic heterocycles. The zero-order chi connectivity index (χ0) is 23.7.